The number of nitrogens with zero attached hydrogens (tertiary/aromatic N) is 2. The lowest BCUT2D eigenvalue weighted by Crippen LogP contribution is -2.04. The molecule has 0 radical (unpaired) electrons. The molecule has 0 spiro atoms. The molecule has 0 bridgehead atoms. The lowest BCUT2D eigenvalue weighted by atomic mass is 10.1. The summed E-state index contributed by atoms with van der Waals surface area (Å²) < 4.78 is 7.06. The fraction of sp³-hybridized carbons (Fsp3) is 0.375. The molecule has 0 aliphatic rings. The Kier molecular flexibility index (Phi) is 4.93. The Morgan fingerprint density at radius 3 is 2.65 bits per heavy atom. The highest BCUT2D eigenvalue weighted by Crippen LogP contribution is 2.10. The quantitative estimate of drug-likeness (QED) is 0.759. The van der Waals surface area contributed by atoms with E-state index in [1.807, 2.05) is 18.5 Å². The molecule has 0 saturated heterocycles. The van der Waals surface area contributed by atoms with E-state index >= 15 is 0 Å². The van der Waals surface area contributed by atoms with Crippen molar-refractivity contribution < 1.29 is 9.53 Å². The highest BCUT2D eigenvalue weighted by Gasteiger charge is 2.06. The second-order valence-corrected chi connectivity index (χ2v) is 4.70. The molecular formula is C16H20N2O2. The van der Waals surface area contributed by atoms with Gasteiger partial charge in [0, 0.05) is 19.2 Å². The minimum absolute atomic E-state index is 0.272. The predicted octanol–water partition coefficient (Wildman–Crippen LogP) is 3.06. The normalized spacial score (nSPS) is 10.5. The van der Waals surface area contributed by atoms with Gasteiger partial charge in [-0.05, 0) is 31.0 Å². The fourth-order valence-electron chi connectivity index (χ4n) is 2.06. The number of aryl methyl sites for hydroxylation is 1. The largest absolute Gasteiger partial charge is 0.462 e. The van der Waals surface area contributed by atoms with Crippen molar-refractivity contribution >= 4 is 5.97 Å². The average Bonchev–Trinajstić information content (AvgIpc) is 2.88. The SMILES string of the molecule is CCCn1cnc(Cc2ccc(C(=O)OCC)cc2)c1. The molecule has 4 heteroatoms. The molecule has 0 aliphatic heterocycles. The lowest BCUT2D eigenvalue weighted by molar-refractivity contribution is 0.0526. The van der Waals surface area contributed by atoms with E-state index in [2.05, 4.69) is 22.7 Å². The molecule has 0 unspecified atom stereocenters. The first-order valence-electron chi connectivity index (χ1n) is 6.99. The molecule has 20 heavy (non-hydrogen) atoms. The molecule has 106 valence electrons. The van der Waals surface area contributed by atoms with Crippen LogP contribution in [0.15, 0.2) is 36.8 Å². The number of hydrogen-bond acceptors (Lipinski definition) is 3. The Hall–Kier alpha value is -2.10. The summed E-state index contributed by atoms with van der Waals surface area (Å²) in [6.07, 6.45) is 5.82. The summed E-state index contributed by atoms with van der Waals surface area (Å²) in [6, 6.07) is 7.50. The molecule has 2 aromatic rings. The predicted molar refractivity (Wildman–Crippen MR) is 77.7 cm³/mol. The van der Waals surface area contributed by atoms with Gasteiger partial charge >= 0.3 is 5.97 Å². The average molecular weight is 272 g/mol. The van der Waals surface area contributed by atoms with Crippen molar-refractivity contribution in [2.75, 3.05) is 6.61 Å². The molecule has 0 N–H and O–H groups in total. The second-order valence-electron chi connectivity index (χ2n) is 4.70. The van der Waals surface area contributed by atoms with Gasteiger partial charge in [0.05, 0.1) is 24.2 Å². The Bertz CT molecular complexity index is 558. The van der Waals surface area contributed by atoms with Crippen LogP contribution in [-0.2, 0) is 17.7 Å². The zero-order valence-electron chi connectivity index (χ0n) is 12.0. The topological polar surface area (TPSA) is 44.1 Å². The first-order chi connectivity index (χ1) is 9.72. The minimum atomic E-state index is -0.272. The number of carbonyl (C=O) groups excluding carboxylic acids is 1. The van der Waals surface area contributed by atoms with E-state index in [1.165, 1.54) is 0 Å². The summed E-state index contributed by atoms with van der Waals surface area (Å²) in [5.41, 5.74) is 2.77. The summed E-state index contributed by atoms with van der Waals surface area (Å²) >= 11 is 0. The van der Waals surface area contributed by atoms with E-state index in [0.717, 1.165) is 30.6 Å². The van der Waals surface area contributed by atoms with Gasteiger partial charge in [-0.2, -0.15) is 0 Å². The third kappa shape index (κ3) is 3.70. The van der Waals surface area contributed by atoms with Crippen LogP contribution in [-0.4, -0.2) is 22.1 Å². The Balaban J connectivity index is 2.00. The zero-order chi connectivity index (χ0) is 14.4. The molecule has 0 fully saturated rings. The number of benzene rings is 1. The summed E-state index contributed by atoms with van der Waals surface area (Å²) in [5, 5.41) is 0. The summed E-state index contributed by atoms with van der Waals surface area (Å²) in [5.74, 6) is -0.272. The fourth-order valence-corrected chi connectivity index (χ4v) is 2.06. The lowest BCUT2D eigenvalue weighted by Gasteiger charge is -2.03. The molecule has 4 nitrogen and oxygen atoms in total. The molecule has 0 aliphatic carbocycles. The maximum atomic E-state index is 11.6. The minimum Gasteiger partial charge on any atom is -0.462 e. The highest BCUT2D eigenvalue weighted by atomic mass is 16.5. The van der Waals surface area contributed by atoms with Crippen molar-refractivity contribution in [3.63, 3.8) is 0 Å². The maximum Gasteiger partial charge on any atom is 0.338 e. The number of carbonyl (C=O) groups is 1. The summed E-state index contributed by atoms with van der Waals surface area (Å²) in [4.78, 5) is 15.9. The van der Waals surface area contributed by atoms with E-state index in [0.29, 0.717) is 12.2 Å². The van der Waals surface area contributed by atoms with Crippen molar-refractivity contribution in [3.8, 4) is 0 Å². The van der Waals surface area contributed by atoms with Gasteiger partial charge in [-0.3, -0.25) is 0 Å². The molecular weight excluding hydrogens is 252 g/mol. The Labute approximate surface area is 119 Å². The van der Waals surface area contributed by atoms with Crippen molar-refractivity contribution in [3.05, 3.63) is 53.6 Å². The van der Waals surface area contributed by atoms with Crippen LogP contribution in [0.25, 0.3) is 0 Å². The van der Waals surface area contributed by atoms with E-state index in [4.69, 9.17) is 4.74 Å². The van der Waals surface area contributed by atoms with Crippen LogP contribution < -0.4 is 0 Å². The molecule has 1 aromatic heterocycles. The van der Waals surface area contributed by atoms with Crippen molar-refractivity contribution in [1.82, 2.24) is 9.55 Å². The van der Waals surface area contributed by atoms with Gasteiger partial charge in [0.2, 0.25) is 0 Å². The summed E-state index contributed by atoms with van der Waals surface area (Å²) in [7, 11) is 0. The molecule has 0 amide bonds. The molecule has 1 heterocycles. The van der Waals surface area contributed by atoms with Crippen LogP contribution in [0, 0.1) is 0 Å². The van der Waals surface area contributed by atoms with Crippen LogP contribution in [0.3, 0.4) is 0 Å². The van der Waals surface area contributed by atoms with Crippen LogP contribution in [0.2, 0.25) is 0 Å². The summed E-state index contributed by atoms with van der Waals surface area (Å²) in [6.45, 7) is 5.34. The van der Waals surface area contributed by atoms with Crippen LogP contribution in [0.5, 0.6) is 0 Å². The number of imidazole rings is 1. The molecule has 1 aromatic carbocycles. The first-order valence-corrected chi connectivity index (χ1v) is 6.99. The van der Waals surface area contributed by atoms with E-state index in [1.54, 1.807) is 19.1 Å². The van der Waals surface area contributed by atoms with E-state index < -0.39 is 0 Å². The van der Waals surface area contributed by atoms with Crippen molar-refractivity contribution in [1.29, 1.82) is 0 Å². The monoisotopic (exact) mass is 272 g/mol. The number of ether oxygens (including phenoxy) is 1. The van der Waals surface area contributed by atoms with Gasteiger partial charge in [-0.15, -0.1) is 0 Å². The Morgan fingerprint density at radius 1 is 1.25 bits per heavy atom. The zero-order valence-corrected chi connectivity index (χ0v) is 12.0. The van der Waals surface area contributed by atoms with E-state index in [9.17, 15) is 4.79 Å². The van der Waals surface area contributed by atoms with Crippen molar-refractivity contribution in [2.24, 2.45) is 0 Å². The van der Waals surface area contributed by atoms with Gasteiger partial charge in [0.1, 0.15) is 0 Å². The van der Waals surface area contributed by atoms with Gasteiger partial charge in [-0.25, -0.2) is 9.78 Å². The van der Waals surface area contributed by atoms with Crippen LogP contribution in [0.1, 0.15) is 41.9 Å². The Morgan fingerprint density at radius 2 is 2.00 bits per heavy atom. The van der Waals surface area contributed by atoms with Crippen molar-refractivity contribution in [2.45, 2.75) is 33.2 Å². The van der Waals surface area contributed by atoms with Crippen LogP contribution >= 0.6 is 0 Å². The highest BCUT2D eigenvalue weighted by molar-refractivity contribution is 5.89. The number of hydrogen-bond donors (Lipinski definition) is 0. The number of esters is 1. The first kappa shape index (κ1) is 14.3. The third-order valence-corrected chi connectivity index (χ3v) is 3.02. The van der Waals surface area contributed by atoms with Gasteiger partial charge in [0.25, 0.3) is 0 Å². The third-order valence-electron chi connectivity index (χ3n) is 3.02. The smallest absolute Gasteiger partial charge is 0.338 e. The molecule has 0 saturated carbocycles. The van der Waals surface area contributed by atoms with Gasteiger partial charge in [-0.1, -0.05) is 19.1 Å². The number of aromatic nitrogens is 2. The molecule has 0 atom stereocenters. The van der Waals surface area contributed by atoms with Gasteiger partial charge < -0.3 is 9.30 Å². The maximum absolute atomic E-state index is 11.6. The van der Waals surface area contributed by atoms with Gasteiger partial charge in [0.15, 0.2) is 0 Å². The van der Waals surface area contributed by atoms with E-state index in [-0.39, 0.29) is 5.97 Å². The van der Waals surface area contributed by atoms with Crippen LogP contribution in [0.4, 0.5) is 0 Å². The second kappa shape index (κ2) is 6.89. The number of rotatable bonds is 6. The molecule has 2 rings (SSSR count). The standard InChI is InChI=1S/C16H20N2O2/c1-3-9-18-11-15(17-12-18)10-13-5-7-14(8-6-13)16(19)20-4-2/h5-8,11-12H,3-4,9-10H2,1-2H3.